The lowest BCUT2D eigenvalue weighted by Crippen LogP contribution is -2.58. The number of H-pyrrole nitrogens is 3. The van der Waals surface area contributed by atoms with Gasteiger partial charge in [0, 0.05) is 41.7 Å². The fourth-order valence-electron chi connectivity index (χ4n) is 5.89. The van der Waals surface area contributed by atoms with Crippen LogP contribution in [0.3, 0.4) is 0 Å². The molecule has 0 aromatic carbocycles. The van der Waals surface area contributed by atoms with Crippen LogP contribution >= 0.6 is 34.2 Å². The minimum atomic E-state index is -1.35. The Morgan fingerprint density at radius 3 is 2.48 bits per heavy atom. The summed E-state index contributed by atoms with van der Waals surface area (Å²) in [4.78, 5) is 18.9. The molecule has 3 N–H and O–H groups in total. The molecule has 198 valence electrons. The molecule has 0 spiro atoms. The highest BCUT2D eigenvalue weighted by Crippen LogP contribution is 2.68. The van der Waals surface area contributed by atoms with Crippen LogP contribution in [0, 0.1) is 0 Å². The van der Waals surface area contributed by atoms with Crippen molar-refractivity contribution in [2.24, 2.45) is 0 Å². The number of anilines is 1. The van der Waals surface area contributed by atoms with Crippen molar-refractivity contribution in [1.82, 2.24) is 34.5 Å². The van der Waals surface area contributed by atoms with Crippen molar-refractivity contribution in [2.75, 3.05) is 4.90 Å². The average Bonchev–Trinajstić information content (AvgIpc) is 3.84. The third-order valence-electron chi connectivity index (χ3n) is 7.27. The molecule has 7 aromatic rings. The van der Waals surface area contributed by atoms with Crippen molar-refractivity contribution in [3.8, 4) is 0 Å². The predicted molar refractivity (Wildman–Crippen MR) is 151 cm³/mol. The first-order valence-electron chi connectivity index (χ1n) is 12.3. The number of imidazole rings is 1. The average molecular weight is 585 g/mol. The third kappa shape index (κ3) is 2.89. The maximum absolute atomic E-state index is 7.70. The summed E-state index contributed by atoms with van der Waals surface area (Å²) in [5, 5.41) is 15.2. The van der Waals surface area contributed by atoms with Crippen molar-refractivity contribution in [1.29, 1.82) is 0 Å². The van der Waals surface area contributed by atoms with E-state index in [1.165, 1.54) is 22.9 Å². The van der Waals surface area contributed by atoms with E-state index in [0.717, 1.165) is 15.7 Å². The molecule has 0 amide bonds. The second-order valence-corrected chi connectivity index (χ2v) is 11.6. The summed E-state index contributed by atoms with van der Waals surface area (Å²) in [7, 11) is 0. The number of ether oxygens (including phenoxy) is 1. The number of thiazole rings is 1. The molecule has 13 heteroatoms. The van der Waals surface area contributed by atoms with E-state index in [2.05, 4.69) is 31.1 Å². The third-order valence-corrected chi connectivity index (χ3v) is 9.56. The van der Waals surface area contributed by atoms with E-state index in [9.17, 15) is 0 Å². The molecule has 0 aliphatic carbocycles. The van der Waals surface area contributed by atoms with Gasteiger partial charge >= 0.3 is 0 Å². The Balaban J connectivity index is 1.64. The number of hydrogen-bond donors (Lipinski definition) is 3. The van der Waals surface area contributed by atoms with Crippen LogP contribution < -0.4 is 4.90 Å². The second-order valence-electron chi connectivity index (χ2n) is 9.12. The van der Waals surface area contributed by atoms with E-state index in [-0.39, 0.29) is 0 Å². The van der Waals surface area contributed by atoms with E-state index in [4.69, 9.17) is 23.5 Å². The molecule has 8 heterocycles. The Morgan fingerprint density at radius 1 is 0.825 bits per heavy atom. The van der Waals surface area contributed by atoms with Crippen LogP contribution in [0.5, 0.6) is 0 Å². The van der Waals surface area contributed by atoms with E-state index >= 15 is 0 Å². The number of hydrogen-bond acceptors (Lipinski definition) is 10. The summed E-state index contributed by atoms with van der Waals surface area (Å²) in [5.74, 6) is 1.19. The number of furan rings is 1. The lowest BCUT2D eigenvalue weighted by atomic mass is 9.74. The fraction of sp³-hybridized carbons (Fsp3) is 0.111. The predicted octanol–water partition coefficient (Wildman–Crippen LogP) is 5.65. The van der Waals surface area contributed by atoms with Gasteiger partial charge in [-0.1, -0.05) is 0 Å². The largest absolute Gasteiger partial charge is 0.466 e. The SMILES string of the molecule is c1c[nH]c(C2(c3ncc[nH]3)OC(c3ccsn3)(c3ccn[nH]3)N(c3cccs3)C2(c2ccco2)c2nccs2)c1. The number of rotatable bonds is 7. The van der Waals surface area contributed by atoms with Gasteiger partial charge in [0.05, 0.1) is 22.7 Å². The van der Waals surface area contributed by atoms with Crippen LogP contribution in [-0.2, 0) is 21.6 Å². The lowest BCUT2D eigenvalue weighted by Gasteiger charge is -2.45. The first-order chi connectivity index (χ1) is 19.8. The molecule has 3 atom stereocenters. The Labute approximate surface area is 239 Å². The molecule has 3 unspecified atom stereocenters. The van der Waals surface area contributed by atoms with Crippen LogP contribution in [0.4, 0.5) is 5.00 Å². The molecule has 1 saturated heterocycles. The molecule has 1 aliphatic heterocycles. The quantitative estimate of drug-likeness (QED) is 0.221. The van der Waals surface area contributed by atoms with E-state index in [0.29, 0.717) is 23.0 Å². The van der Waals surface area contributed by atoms with Crippen LogP contribution in [0.25, 0.3) is 0 Å². The highest BCUT2D eigenvalue weighted by atomic mass is 32.1. The molecule has 1 fully saturated rings. The Morgan fingerprint density at radius 2 is 1.82 bits per heavy atom. The zero-order valence-electron chi connectivity index (χ0n) is 20.6. The summed E-state index contributed by atoms with van der Waals surface area (Å²) >= 11 is 4.47. The molecular weight excluding hydrogens is 565 g/mol. The van der Waals surface area contributed by atoms with Crippen LogP contribution in [0.1, 0.15) is 33.7 Å². The van der Waals surface area contributed by atoms with Gasteiger partial charge in [0.15, 0.2) is 5.54 Å². The Kier molecular flexibility index (Phi) is 5.22. The topological polar surface area (TPSA) is 125 Å². The van der Waals surface area contributed by atoms with E-state index in [1.807, 2.05) is 64.8 Å². The van der Waals surface area contributed by atoms with Gasteiger partial charge in [-0.15, -0.1) is 22.7 Å². The summed E-state index contributed by atoms with van der Waals surface area (Å²) in [6, 6.07) is 15.8. The summed E-state index contributed by atoms with van der Waals surface area (Å²) in [6.45, 7) is 0. The molecule has 10 nitrogen and oxygen atoms in total. The Bertz CT molecular complexity index is 1670. The van der Waals surface area contributed by atoms with Gasteiger partial charge in [-0.3, -0.25) is 5.10 Å². The van der Waals surface area contributed by atoms with Gasteiger partial charge in [-0.2, -0.15) is 9.47 Å². The van der Waals surface area contributed by atoms with Crippen LogP contribution in [0.15, 0.2) is 106 Å². The lowest BCUT2D eigenvalue weighted by molar-refractivity contribution is -0.0909. The number of nitrogens with one attached hydrogen (secondary N) is 3. The standard InChI is InChI=1S/C27H20N8O2S3/c1-4-18(28-9-1)26(23-29-11-12-30-23)25(21-5-2-14-36-21,24-31-13-17-39-24)35(22-6-3-15-38-22)27(37-26,19-7-10-32-33-19)20-8-16-40-34-20/h1-17,28H,(H,29,30)(H,32,33). The van der Waals surface area contributed by atoms with Gasteiger partial charge < -0.3 is 24.0 Å². The van der Waals surface area contributed by atoms with Crippen molar-refractivity contribution in [3.05, 3.63) is 136 Å². The van der Waals surface area contributed by atoms with Gasteiger partial charge in [-0.25, -0.2) is 9.97 Å². The first kappa shape index (κ1) is 23.6. The fourth-order valence-corrected chi connectivity index (χ4v) is 8.14. The highest BCUT2D eigenvalue weighted by molar-refractivity contribution is 7.14. The maximum Gasteiger partial charge on any atom is 0.232 e. The van der Waals surface area contributed by atoms with Crippen molar-refractivity contribution in [2.45, 2.75) is 16.9 Å². The normalized spacial score (nSPS) is 24.6. The van der Waals surface area contributed by atoms with Gasteiger partial charge in [0.2, 0.25) is 11.3 Å². The van der Waals surface area contributed by atoms with Crippen molar-refractivity contribution >= 4 is 39.2 Å². The minimum absolute atomic E-state index is 0.569. The second kappa shape index (κ2) is 8.86. The molecule has 7 aromatic heterocycles. The molecule has 8 rings (SSSR count). The highest BCUT2D eigenvalue weighted by Gasteiger charge is 2.78. The zero-order valence-corrected chi connectivity index (χ0v) is 23.0. The zero-order chi connectivity index (χ0) is 26.6. The van der Waals surface area contributed by atoms with E-state index < -0.39 is 16.9 Å². The maximum atomic E-state index is 7.70. The van der Waals surface area contributed by atoms with Crippen molar-refractivity contribution < 1.29 is 9.15 Å². The van der Waals surface area contributed by atoms with Crippen molar-refractivity contribution in [3.63, 3.8) is 0 Å². The molecule has 40 heavy (non-hydrogen) atoms. The molecule has 0 radical (unpaired) electrons. The molecule has 1 aliphatic rings. The molecule has 0 bridgehead atoms. The van der Waals surface area contributed by atoms with Gasteiger partial charge in [-0.05, 0) is 65.4 Å². The number of thiophene rings is 1. The molecule has 0 saturated carbocycles. The number of nitrogens with zero attached hydrogens (tertiary/aromatic N) is 5. The molecular formula is C27H20N8O2S3. The van der Waals surface area contributed by atoms with Crippen LogP contribution in [-0.4, -0.2) is 34.5 Å². The number of aromatic nitrogens is 7. The summed E-state index contributed by atoms with van der Waals surface area (Å²) in [6.07, 6.45) is 10.6. The van der Waals surface area contributed by atoms with Gasteiger partial charge in [0.25, 0.3) is 0 Å². The summed E-state index contributed by atoms with van der Waals surface area (Å²) < 4.78 is 19.0. The summed E-state index contributed by atoms with van der Waals surface area (Å²) in [5.41, 5.74) is -1.77. The smallest absolute Gasteiger partial charge is 0.232 e. The monoisotopic (exact) mass is 584 g/mol. The Hall–Kier alpha value is -4.30. The first-order valence-corrected chi connectivity index (χ1v) is 14.9. The minimum Gasteiger partial charge on any atom is -0.466 e. The number of aromatic amines is 3. The van der Waals surface area contributed by atoms with Gasteiger partial charge in [0.1, 0.15) is 22.3 Å². The van der Waals surface area contributed by atoms with Crippen LogP contribution in [0.2, 0.25) is 0 Å². The van der Waals surface area contributed by atoms with E-state index in [1.54, 1.807) is 42.4 Å².